The largest absolute Gasteiger partial charge is 0.449 e. The summed E-state index contributed by atoms with van der Waals surface area (Å²) in [5.74, 6) is 0.172. The van der Waals surface area contributed by atoms with Crippen molar-refractivity contribution in [3.8, 4) is 0 Å². The standard InChI is InChI=1S/C17H18N2O4S/c20-17-18-16-10-19(8-7-14(16)11-23-17)24(21,22)15-6-5-12-3-1-2-4-13(12)9-15/h1-6,9,14,16H,7-8,10-11H2,(H,18,20)/t14-,16+/m0/s1. The van der Waals surface area contributed by atoms with Gasteiger partial charge in [-0.15, -0.1) is 0 Å². The van der Waals surface area contributed by atoms with E-state index in [0.29, 0.717) is 19.6 Å². The number of nitrogens with one attached hydrogen (secondary N) is 1. The number of nitrogens with zero attached hydrogens (tertiary/aromatic N) is 1. The Morgan fingerprint density at radius 1 is 1.12 bits per heavy atom. The van der Waals surface area contributed by atoms with Crippen LogP contribution in [-0.4, -0.2) is 44.6 Å². The molecular formula is C17H18N2O4S. The second-order valence-electron chi connectivity index (χ2n) is 6.27. The molecule has 0 aliphatic carbocycles. The van der Waals surface area contributed by atoms with Crippen LogP contribution in [0, 0.1) is 5.92 Å². The van der Waals surface area contributed by atoms with Crippen LogP contribution in [0.5, 0.6) is 0 Å². The summed E-state index contributed by atoms with van der Waals surface area (Å²) in [6, 6.07) is 12.7. The zero-order valence-corrected chi connectivity index (χ0v) is 13.8. The lowest BCUT2D eigenvalue weighted by Crippen LogP contribution is -2.58. The van der Waals surface area contributed by atoms with Gasteiger partial charge in [0.1, 0.15) is 0 Å². The molecule has 126 valence electrons. The van der Waals surface area contributed by atoms with Crippen LogP contribution in [0.1, 0.15) is 6.42 Å². The van der Waals surface area contributed by atoms with Gasteiger partial charge >= 0.3 is 6.09 Å². The molecule has 2 aliphatic rings. The van der Waals surface area contributed by atoms with Gasteiger partial charge < -0.3 is 10.1 Å². The number of piperidine rings is 1. The van der Waals surface area contributed by atoms with Gasteiger partial charge in [0.05, 0.1) is 17.5 Å². The summed E-state index contributed by atoms with van der Waals surface area (Å²) in [5.41, 5.74) is 0. The van der Waals surface area contributed by atoms with E-state index in [1.54, 1.807) is 12.1 Å². The summed E-state index contributed by atoms with van der Waals surface area (Å²) in [4.78, 5) is 11.7. The summed E-state index contributed by atoms with van der Waals surface area (Å²) in [6.07, 6.45) is 0.207. The molecule has 1 amide bonds. The molecule has 0 bridgehead atoms. The predicted octanol–water partition coefficient (Wildman–Crippen LogP) is 1.96. The van der Waals surface area contributed by atoms with Gasteiger partial charge in [0.25, 0.3) is 0 Å². The Balaban J connectivity index is 1.62. The maximum absolute atomic E-state index is 13.0. The van der Waals surface area contributed by atoms with Crippen LogP contribution in [0.25, 0.3) is 10.8 Å². The lowest BCUT2D eigenvalue weighted by atomic mass is 9.93. The first-order valence-electron chi connectivity index (χ1n) is 7.96. The Kier molecular flexibility index (Phi) is 3.69. The summed E-state index contributed by atoms with van der Waals surface area (Å²) in [7, 11) is -3.58. The SMILES string of the molecule is O=C1N[C@@H]2CN(S(=O)(=O)c3ccc4ccccc4c3)CC[C@H]2CO1. The molecule has 0 aromatic heterocycles. The molecule has 2 aliphatic heterocycles. The molecule has 2 aromatic carbocycles. The van der Waals surface area contributed by atoms with Crippen LogP contribution < -0.4 is 5.32 Å². The zero-order valence-electron chi connectivity index (χ0n) is 13.0. The monoisotopic (exact) mass is 346 g/mol. The van der Waals surface area contributed by atoms with Crippen molar-refractivity contribution in [1.82, 2.24) is 9.62 Å². The lowest BCUT2D eigenvalue weighted by Gasteiger charge is -2.40. The van der Waals surface area contributed by atoms with Crippen molar-refractivity contribution in [2.45, 2.75) is 17.4 Å². The molecule has 2 atom stereocenters. The van der Waals surface area contributed by atoms with Crippen molar-refractivity contribution >= 4 is 26.9 Å². The number of alkyl carbamates (subject to hydrolysis) is 1. The van der Waals surface area contributed by atoms with Crippen LogP contribution >= 0.6 is 0 Å². The van der Waals surface area contributed by atoms with Gasteiger partial charge in [-0.2, -0.15) is 4.31 Å². The number of rotatable bonds is 2. The van der Waals surface area contributed by atoms with E-state index in [9.17, 15) is 13.2 Å². The molecule has 2 fully saturated rings. The number of fused-ring (bicyclic) bond motifs is 2. The smallest absolute Gasteiger partial charge is 0.407 e. The average molecular weight is 346 g/mol. The molecule has 0 radical (unpaired) electrons. The van der Waals surface area contributed by atoms with E-state index in [4.69, 9.17) is 4.74 Å². The third-order valence-electron chi connectivity index (χ3n) is 4.81. The Hall–Kier alpha value is -2.12. The second-order valence-corrected chi connectivity index (χ2v) is 8.21. The first-order valence-corrected chi connectivity index (χ1v) is 9.40. The highest BCUT2D eigenvalue weighted by Crippen LogP contribution is 2.27. The van der Waals surface area contributed by atoms with Crippen molar-refractivity contribution in [2.75, 3.05) is 19.7 Å². The zero-order chi connectivity index (χ0) is 16.7. The van der Waals surface area contributed by atoms with Gasteiger partial charge in [0.15, 0.2) is 0 Å². The Labute approximate surface area is 140 Å². The minimum atomic E-state index is -3.58. The molecule has 0 unspecified atom stereocenters. The van der Waals surface area contributed by atoms with Gasteiger partial charge in [0.2, 0.25) is 10.0 Å². The summed E-state index contributed by atoms with van der Waals surface area (Å²) in [6.45, 7) is 1.09. The number of benzene rings is 2. The minimum Gasteiger partial charge on any atom is -0.449 e. The fraction of sp³-hybridized carbons (Fsp3) is 0.353. The highest BCUT2D eigenvalue weighted by Gasteiger charge is 2.39. The maximum Gasteiger partial charge on any atom is 0.407 e. The third kappa shape index (κ3) is 2.63. The average Bonchev–Trinajstić information content (AvgIpc) is 2.60. The van der Waals surface area contributed by atoms with Crippen LogP contribution in [0.2, 0.25) is 0 Å². The molecular weight excluding hydrogens is 328 g/mol. The van der Waals surface area contributed by atoms with Crippen LogP contribution in [-0.2, 0) is 14.8 Å². The molecule has 6 nitrogen and oxygen atoms in total. The molecule has 24 heavy (non-hydrogen) atoms. The van der Waals surface area contributed by atoms with E-state index in [1.165, 1.54) is 4.31 Å². The lowest BCUT2D eigenvalue weighted by molar-refractivity contribution is 0.0564. The van der Waals surface area contributed by atoms with Gasteiger partial charge in [-0.05, 0) is 29.3 Å². The summed E-state index contributed by atoms with van der Waals surface area (Å²) in [5, 5.41) is 4.64. The van der Waals surface area contributed by atoms with E-state index < -0.39 is 16.1 Å². The maximum atomic E-state index is 13.0. The van der Waals surface area contributed by atoms with E-state index in [0.717, 1.165) is 10.8 Å². The Morgan fingerprint density at radius 2 is 1.92 bits per heavy atom. The van der Waals surface area contributed by atoms with E-state index in [1.807, 2.05) is 30.3 Å². The van der Waals surface area contributed by atoms with Crippen molar-refractivity contribution in [2.24, 2.45) is 5.92 Å². The fourth-order valence-electron chi connectivity index (χ4n) is 3.40. The molecule has 4 rings (SSSR count). The third-order valence-corrected chi connectivity index (χ3v) is 6.67. The Bertz CT molecular complexity index is 896. The summed E-state index contributed by atoms with van der Waals surface area (Å²) < 4.78 is 32.4. The van der Waals surface area contributed by atoms with Gasteiger partial charge in [-0.3, -0.25) is 0 Å². The minimum absolute atomic E-state index is 0.172. The quantitative estimate of drug-likeness (QED) is 0.902. The second kappa shape index (κ2) is 5.75. The fourth-order valence-corrected chi connectivity index (χ4v) is 4.92. The molecule has 2 saturated heterocycles. The first-order chi connectivity index (χ1) is 11.5. The van der Waals surface area contributed by atoms with Crippen molar-refractivity contribution in [3.05, 3.63) is 42.5 Å². The van der Waals surface area contributed by atoms with Gasteiger partial charge in [-0.1, -0.05) is 30.3 Å². The number of cyclic esters (lactones) is 1. The summed E-state index contributed by atoms with van der Waals surface area (Å²) >= 11 is 0. The number of carbonyl (C=O) groups is 1. The normalized spacial score (nSPS) is 24.9. The molecule has 1 N–H and O–H groups in total. The van der Waals surface area contributed by atoms with Gasteiger partial charge in [-0.25, -0.2) is 13.2 Å². The topological polar surface area (TPSA) is 75.7 Å². The van der Waals surface area contributed by atoms with Crippen molar-refractivity contribution in [3.63, 3.8) is 0 Å². The first kappa shape index (κ1) is 15.4. The predicted molar refractivity (Wildman–Crippen MR) is 89.1 cm³/mol. The van der Waals surface area contributed by atoms with Crippen LogP contribution in [0.15, 0.2) is 47.4 Å². The number of hydrogen-bond donors (Lipinski definition) is 1. The number of amides is 1. The molecule has 0 saturated carbocycles. The van der Waals surface area contributed by atoms with E-state index in [2.05, 4.69) is 5.32 Å². The molecule has 7 heteroatoms. The van der Waals surface area contributed by atoms with Crippen molar-refractivity contribution in [1.29, 1.82) is 0 Å². The van der Waals surface area contributed by atoms with Crippen molar-refractivity contribution < 1.29 is 17.9 Å². The highest BCUT2D eigenvalue weighted by molar-refractivity contribution is 7.89. The molecule has 2 heterocycles. The number of sulfonamides is 1. The highest BCUT2D eigenvalue weighted by atomic mass is 32.2. The van der Waals surface area contributed by atoms with E-state index in [-0.39, 0.29) is 23.4 Å². The van der Waals surface area contributed by atoms with E-state index >= 15 is 0 Å². The van der Waals surface area contributed by atoms with Gasteiger partial charge in [0, 0.05) is 19.0 Å². The molecule has 0 spiro atoms. The number of hydrogen-bond acceptors (Lipinski definition) is 4. The number of carbonyl (C=O) groups excluding carboxylic acids is 1. The van der Waals surface area contributed by atoms with Crippen LogP contribution in [0.3, 0.4) is 0 Å². The number of ether oxygens (including phenoxy) is 1. The Morgan fingerprint density at radius 3 is 2.75 bits per heavy atom. The van der Waals surface area contributed by atoms with Crippen LogP contribution in [0.4, 0.5) is 4.79 Å². The molecule has 2 aromatic rings.